The molecule has 0 aromatic carbocycles. The average Bonchev–Trinajstić information content (AvgIpc) is 2.40. The summed E-state index contributed by atoms with van der Waals surface area (Å²) in [5.74, 6) is 2.58. The molecule has 2 aliphatic heterocycles. The van der Waals surface area contributed by atoms with Crippen molar-refractivity contribution in [2.75, 3.05) is 24.7 Å². The Labute approximate surface area is 103 Å². The summed E-state index contributed by atoms with van der Waals surface area (Å²) in [6.07, 6.45) is 0.701. The first-order valence-electron chi connectivity index (χ1n) is 5.86. The van der Waals surface area contributed by atoms with E-state index in [-0.39, 0.29) is 11.7 Å². The van der Waals surface area contributed by atoms with Gasteiger partial charge < -0.3 is 15.0 Å². The molecule has 2 N–H and O–H groups in total. The maximum Gasteiger partial charge on any atom is 0.254 e. The van der Waals surface area contributed by atoms with Gasteiger partial charge in [-0.2, -0.15) is 11.8 Å². The minimum atomic E-state index is -0.0614. The number of rotatable bonds is 1. The van der Waals surface area contributed by atoms with E-state index in [2.05, 4.69) is 15.3 Å². The SMILES string of the molecule is O=c1[nH]c(C2CSCCO2)nc2c1CCNC2. The molecule has 5 nitrogen and oxygen atoms in total. The Balaban J connectivity index is 1.95. The number of nitrogens with one attached hydrogen (secondary N) is 2. The molecule has 1 aromatic heterocycles. The minimum absolute atomic E-state index is 0.00525. The largest absolute Gasteiger partial charge is 0.369 e. The molecular weight excluding hydrogens is 238 g/mol. The summed E-state index contributed by atoms with van der Waals surface area (Å²) in [6.45, 7) is 2.27. The van der Waals surface area contributed by atoms with E-state index in [0.717, 1.165) is 42.3 Å². The van der Waals surface area contributed by atoms with Crippen molar-refractivity contribution in [3.8, 4) is 0 Å². The molecule has 6 heteroatoms. The Morgan fingerprint density at radius 2 is 2.41 bits per heavy atom. The van der Waals surface area contributed by atoms with Gasteiger partial charge in [-0.3, -0.25) is 4.79 Å². The molecule has 92 valence electrons. The van der Waals surface area contributed by atoms with Crippen LogP contribution in [0.25, 0.3) is 0 Å². The molecule has 3 rings (SSSR count). The van der Waals surface area contributed by atoms with Gasteiger partial charge in [0, 0.05) is 23.6 Å². The van der Waals surface area contributed by atoms with E-state index in [1.165, 1.54) is 0 Å². The van der Waals surface area contributed by atoms with E-state index in [1.54, 1.807) is 0 Å². The molecule has 1 aromatic rings. The van der Waals surface area contributed by atoms with E-state index in [0.29, 0.717) is 12.4 Å². The monoisotopic (exact) mass is 253 g/mol. The fraction of sp³-hybridized carbons (Fsp3) is 0.636. The second kappa shape index (κ2) is 4.80. The summed E-state index contributed by atoms with van der Waals surface area (Å²) in [4.78, 5) is 19.4. The Hall–Kier alpha value is -0.850. The zero-order valence-corrected chi connectivity index (χ0v) is 10.3. The smallest absolute Gasteiger partial charge is 0.254 e. The summed E-state index contributed by atoms with van der Waals surface area (Å²) in [7, 11) is 0. The first kappa shape index (κ1) is 11.3. The highest BCUT2D eigenvalue weighted by Crippen LogP contribution is 2.24. The molecule has 0 bridgehead atoms. The Morgan fingerprint density at radius 1 is 1.47 bits per heavy atom. The van der Waals surface area contributed by atoms with Crippen LogP contribution in [0.2, 0.25) is 0 Å². The van der Waals surface area contributed by atoms with E-state index < -0.39 is 0 Å². The molecule has 0 amide bonds. The summed E-state index contributed by atoms with van der Waals surface area (Å²) in [6, 6.07) is 0. The van der Waals surface area contributed by atoms with Crippen molar-refractivity contribution in [3.05, 3.63) is 27.4 Å². The van der Waals surface area contributed by atoms with Gasteiger partial charge in [-0.05, 0) is 13.0 Å². The zero-order valence-electron chi connectivity index (χ0n) is 9.49. The average molecular weight is 253 g/mol. The molecule has 1 atom stereocenters. The van der Waals surface area contributed by atoms with Gasteiger partial charge in [-0.1, -0.05) is 0 Å². The number of hydrogen-bond donors (Lipinski definition) is 2. The van der Waals surface area contributed by atoms with Crippen LogP contribution in [0.1, 0.15) is 23.2 Å². The third kappa shape index (κ3) is 2.25. The molecule has 1 fully saturated rings. The van der Waals surface area contributed by atoms with Crippen LogP contribution in [0.15, 0.2) is 4.79 Å². The van der Waals surface area contributed by atoms with Crippen LogP contribution in [-0.2, 0) is 17.7 Å². The molecule has 3 heterocycles. The lowest BCUT2D eigenvalue weighted by atomic mass is 10.1. The van der Waals surface area contributed by atoms with Gasteiger partial charge in [-0.25, -0.2) is 4.98 Å². The highest BCUT2D eigenvalue weighted by Gasteiger charge is 2.22. The molecule has 1 unspecified atom stereocenters. The van der Waals surface area contributed by atoms with Crippen LogP contribution in [0.3, 0.4) is 0 Å². The number of aromatic amines is 1. The molecule has 17 heavy (non-hydrogen) atoms. The predicted molar refractivity (Wildman–Crippen MR) is 66.3 cm³/mol. The third-order valence-corrected chi connectivity index (χ3v) is 4.08. The van der Waals surface area contributed by atoms with Crippen molar-refractivity contribution in [2.24, 2.45) is 0 Å². The first-order valence-corrected chi connectivity index (χ1v) is 7.02. The van der Waals surface area contributed by atoms with Gasteiger partial charge in [0.05, 0.1) is 12.3 Å². The minimum Gasteiger partial charge on any atom is -0.369 e. The maximum absolute atomic E-state index is 11.9. The number of ether oxygens (including phenoxy) is 1. The molecule has 0 spiro atoms. The van der Waals surface area contributed by atoms with Crippen molar-refractivity contribution in [1.82, 2.24) is 15.3 Å². The fourth-order valence-corrected chi connectivity index (χ4v) is 3.03. The standard InChI is InChI=1S/C11H15N3O2S/c15-11-7-1-2-12-5-8(7)13-10(14-11)9-6-17-4-3-16-9/h9,12H,1-6H2,(H,13,14,15). The summed E-state index contributed by atoms with van der Waals surface area (Å²) in [5, 5.41) is 3.24. The number of fused-ring (bicyclic) bond motifs is 1. The fourth-order valence-electron chi connectivity index (χ4n) is 2.19. The molecule has 0 aliphatic carbocycles. The van der Waals surface area contributed by atoms with Crippen LogP contribution in [0.5, 0.6) is 0 Å². The van der Waals surface area contributed by atoms with Gasteiger partial charge >= 0.3 is 0 Å². The number of H-pyrrole nitrogens is 1. The molecule has 0 radical (unpaired) electrons. The van der Waals surface area contributed by atoms with Crippen molar-refractivity contribution in [2.45, 2.75) is 19.1 Å². The maximum atomic E-state index is 11.9. The number of hydrogen-bond acceptors (Lipinski definition) is 5. The topological polar surface area (TPSA) is 67.0 Å². The quantitative estimate of drug-likeness (QED) is 0.749. The second-order valence-corrected chi connectivity index (χ2v) is 5.39. The lowest BCUT2D eigenvalue weighted by Crippen LogP contribution is -2.33. The second-order valence-electron chi connectivity index (χ2n) is 4.24. The molecule has 0 saturated carbocycles. The number of thioether (sulfide) groups is 1. The third-order valence-electron chi connectivity index (χ3n) is 3.08. The van der Waals surface area contributed by atoms with Crippen molar-refractivity contribution in [1.29, 1.82) is 0 Å². The lowest BCUT2D eigenvalue weighted by Gasteiger charge is -2.23. The van der Waals surface area contributed by atoms with Crippen LogP contribution >= 0.6 is 11.8 Å². The van der Waals surface area contributed by atoms with Gasteiger partial charge in [0.15, 0.2) is 0 Å². The number of nitrogens with zero attached hydrogens (tertiary/aromatic N) is 1. The van der Waals surface area contributed by atoms with E-state index >= 15 is 0 Å². The van der Waals surface area contributed by atoms with Crippen molar-refractivity contribution >= 4 is 11.8 Å². The molecular formula is C11H15N3O2S. The number of aromatic nitrogens is 2. The van der Waals surface area contributed by atoms with E-state index in [1.807, 2.05) is 11.8 Å². The van der Waals surface area contributed by atoms with Gasteiger partial charge in [0.25, 0.3) is 5.56 Å². The summed E-state index contributed by atoms with van der Waals surface area (Å²) < 4.78 is 5.64. The summed E-state index contributed by atoms with van der Waals surface area (Å²) >= 11 is 1.84. The lowest BCUT2D eigenvalue weighted by molar-refractivity contribution is 0.0689. The van der Waals surface area contributed by atoms with Crippen LogP contribution in [0, 0.1) is 0 Å². The van der Waals surface area contributed by atoms with E-state index in [4.69, 9.17) is 4.74 Å². The summed E-state index contributed by atoms with van der Waals surface area (Å²) in [5.41, 5.74) is 1.72. The Morgan fingerprint density at radius 3 is 3.24 bits per heavy atom. The van der Waals surface area contributed by atoms with Crippen LogP contribution in [-0.4, -0.2) is 34.6 Å². The van der Waals surface area contributed by atoms with Gasteiger partial charge in [0.1, 0.15) is 11.9 Å². The van der Waals surface area contributed by atoms with Crippen molar-refractivity contribution in [3.63, 3.8) is 0 Å². The Bertz CT molecular complexity index is 468. The highest BCUT2D eigenvalue weighted by atomic mass is 32.2. The first-order chi connectivity index (χ1) is 8.34. The Kier molecular flexibility index (Phi) is 3.17. The highest BCUT2D eigenvalue weighted by molar-refractivity contribution is 7.99. The molecule has 2 aliphatic rings. The van der Waals surface area contributed by atoms with Crippen molar-refractivity contribution < 1.29 is 4.74 Å². The van der Waals surface area contributed by atoms with Crippen LogP contribution < -0.4 is 10.9 Å². The van der Waals surface area contributed by atoms with Gasteiger partial charge in [-0.15, -0.1) is 0 Å². The van der Waals surface area contributed by atoms with Gasteiger partial charge in [0.2, 0.25) is 0 Å². The molecule has 1 saturated heterocycles. The zero-order chi connectivity index (χ0) is 11.7. The predicted octanol–water partition coefficient (Wildman–Crippen LogP) is 0.220. The van der Waals surface area contributed by atoms with E-state index in [9.17, 15) is 4.79 Å². The normalized spacial score (nSPS) is 24.4. The van der Waals surface area contributed by atoms with Crippen LogP contribution in [0.4, 0.5) is 0 Å².